The van der Waals surface area contributed by atoms with Crippen LogP contribution in [-0.4, -0.2) is 35.1 Å². The molecule has 27 heavy (non-hydrogen) atoms. The largest absolute Gasteiger partial charge is 0.325 e. The number of para-hydroxylation sites is 2. The van der Waals surface area contributed by atoms with E-state index in [4.69, 9.17) is 0 Å². The number of fused-ring (bicyclic) bond motifs is 1. The zero-order chi connectivity index (χ0) is 19.4. The van der Waals surface area contributed by atoms with E-state index in [1.54, 1.807) is 24.3 Å². The highest BCUT2D eigenvalue weighted by Crippen LogP contribution is 2.35. The van der Waals surface area contributed by atoms with Gasteiger partial charge in [-0.3, -0.25) is 24.1 Å². The molecule has 1 aromatic carbocycles. The minimum absolute atomic E-state index is 0.120. The number of benzene rings is 1. The van der Waals surface area contributed by atoms with Crippen molar-refractivity contribution in [2.45, 2.75) is 32.6 Å². The number of amides is 4. The van der Waals surface area contributed by atoms with Crippen LogP contribution in [0, 0.1) is 11.8 Å². The van der Waals surface area contributed by atoms with Crippen molar-refractivity contribution in [1.29, 1.82) is 0 Å². The molecule has 2 aliphatic rings. The van der Waals surface area contributed by atoms with E-state index in [2.05, 4.69) is 10.6 Å². The third-order valence-corrected chi connectivity index (χ3v) is 4.90. The van der Waals surface area contributed by atoms with Gasteiger partial charge in [0.15, 0.2) is 0 Å². The van der Waals surface area contributed by atoms with Crippen LogP contribution in [0.5, 0.6) is 0 Å². The number of anilines is 2. The molecular weight excluding hydrogens is 346 g/mol. The third-order valence-electron chi connectivity index (χ3n) is 4.90. The maximum absolute atomic E-state index is 12.4. The molecular formula is C20H23N3O4. The lowest BCUT2D eigenvalue weighted by Crippen LogP contribution is -2.32. The summed E-state index contributed by atoms with van der Waals surface area (Å²) in [6.07, 6.45) is 5.72. The van der Waals surface area contributed by atoms with Gasteiger partial charge in [0, 0.05) is 19.9 Å². The van der Waals surface area contributed by atoms with Crippen LogP contribution in [0.15, 0.2) is 36.4 Å². The molecule has 1 heterocycles. The summed E-state index contributed by atoms with van der Waals surface area (Å²) in [4.78, 5) is 49.6. The molecule has 1 aromatic rings. The summed E-state index contributed by atoms with van der Waals surface area (Å²) in [5.41, 5.74) is 1.04. The zero-order valence-corrected chi connectivity index (χ0v) is 15.2. The fraction of sp³-hybridized carbons (Fsp3) is 0.400. The quantitative estimate of drug-likeness (QED) is 0.594. The number of carbonyl (C=O) groups excluding carboxylic acids is 4. The molecule has 4 amide bonds. The topological polar surface area (TPSA) is 95.6 Å². The molecule has 1 saturated heterocycles. The van der Waals surface area contributed by atoms with Gasteiger partial charge in [0.1, 0.15) is 0 Å². The van der Waals surface area contributed by atoms with E-state index in [0.717, 1.165) is 0 Å². The Balaban J connectivity index is 1.51. The molecule has 1 aliphatic heterocycles. The Morgan fingerprint density at radius 2 is 1.56 bits per heavy atom. The summed E-state index contributed by atoms with van der Waals surface area (Å²) in [7, 11) is 0. The summed E-state index contributed by atoms with van der Waals surface area (Å²) in [6.45, 7) is 1.65. The van der Waals surface area contributed by atoms with Gasteiger partial charge in [-0.1, -0.05) is 24.3 Å². The molecule has 0 spiro atoms. The number of allylic oxidation sites excluding steroid dienone is 2. The molecule has 0 aromatic heterocycles. The molecule has 3 rings (SSSR count). The maximum atomic E-state index is 12.4. The minimum atomic E-state index is -0.235. The van der Waals surface area contributed by atoms with Gasteiger partial charge in [-0.25, -0.2) is 0 Å². The molecule has 7 nitrogen and oxygen atoms in total. The predicted octanol–water partition coefficient (Wildman–Crippen LogP) is 2.31. The zero-order valence-electron chi connectivity index (χ0n) is 15.2. The van der Waals surface area contributed by atoms with Crippen LogP contribution >= 0.6 is 0 Å². The van der Waals surface area contributed by atoms with Crippen molar-refractivity contribution in [3.63, 3.8) is 0 Å². The monoisotopic (exact) mass is 369 g/mol. The van der Waals surface area contributed by atoms with E-state index in [9.17, 15) is 19.2 Å². The van der Waals surface area contributed by atoms with Gasteiger partial charge in [0.05, 0.1) is 23.2 Å². The van der Waals surface area contributed by atoms with Crippen LogP contribution in [0.1, 0.15) is 32.6 Å². The fourth-order valence-electron chi connectivity index (χ4n) is 3.59. The van der Waals surface area contributed by atoms with Crippen molar-refractivity contribution in [3.8, 4) is 0 Å². The number of likely N-dealkylation sites (tertiary alicyclic amines) is 1. The van der Waals surface area contributed by atoms with E-state index in [0.29, 0.717) is 30.6 Å². The van der Waals surface area contributed by atoms with Crippen LogP contribution in [0.3, 0.4) is 0 Å². The van der Waals surface area contributed by atoms with E-state index < -0.39 is 0 Å². The normalized spacial score (nSPS) is 21.1. The second-order valence-corrected chi connectivity index (χ2v) is 6.86. The van der Waals surface area contributed by atoms with Crippen molar-refractivity contribution in [2.24, 2.45) is 11.8 Å². The highest BCUT2D eigenvalue weighted by atomic mass is 16.2. The summed E-state index contributed by atoms with van der Waals surface area (Å²) >= 11 is 0. The highest BCUT2D eigenvalue weighted by molar-refractivity contribution is 6.05. The van der Waals surface area contributed by atoms with E-state index >= 15 is 0 Å². The first kappa shape index (κ1) is 18.8. The standard InChI is InChI=1S/C20H23N3O4/c1-13(24)21-16-9-4-5-10-17(16)22-18(25)11-6-12-23-19(26)14-7-2-3-8-15(14)20(23)27/h2-5,9-10,14-15H,6-8,11-12H2,1H3,(H,21,24)(H,22,25)/t14-,15+. The Morgan fingerprint density at radius 3 is 2.11 bits per heavy atom. The molecule has 0 bridgehead atoms. The molecule has 142 valence electrons. The first-order chi connectivity index (χ1) is 13.0. The van der Waals surface area contributed by atoms with Gasteiger partial charge < -0.3 is 10.6 Å². The third kappa shape index (κ3) is 4.24. The average molecular weight is 369 g/mol. The van der Waals surface area contributed by atoms with Crippen LogP contribution in [0.2, 0.25) is 0 Å². The van der Waals surface area contributed by atoms with E-state index in [1.807, 2.05) is 12.2 Å². The number of carbonyl (C=O) groups is 4. The molecule has 2 N–H and O–H groups in total. The first-order valence-corrected chi connectivity index (χ1v) is 9.14. The van der Waals surface area contributed by atoms with Gasteiger partial charge in [-0.05, 0) is 31.4 Å². The Hall–Kier alpha value is -2.96. The summed E-state index contributed by atoms with van der Waals surface area (Å²) < 4.78 is 0. The van der Waals surface area contributed by atoms with Crippen molar-refractivity contribution < 1.29 is 19.2 Å². The van der Waals surface area contributed by atoms with Crippen molar-refractivity contribution >= 4 is 35.0 Å². The fourth-order valence-corrected chi connectivity index (χ4v) is 3.59. The number of hydrogen-bond acceptors (Lipinski definition) is 4. The molecule has 1 aliphatic carbocycles. The van der Waals surface area contributed by atoms with Crippen LogP contribution in [-0.2, 0) is 19.2 Å². The molecule has 1 fully saturated rings. The molecule has 0 saturated carbocycles. The lowest BCUT2D eigenvalue weighted by molar-refractivity contribution is -0.140. The maximum Gasteiger partial charge on any atom is 0.233 e. The van der Waals surface area contributed by atoms with Crippen molar-refractivity contribution in [3.05, 3.63) is 36.4 Å². The Labute approximate surface area is 157 Å². The van der Waals surface area contributed by atoms with Gasteiger partial charge in [-0.2, -0.15) is 0 Å². The number of nitrogens with one attached hydrogen (secondary N) is 2. The Bertz CT molecular complexity index is 776. The number of nitrogens with zero attached hydrogens (tertiary/aromatic N) is 1. The second kappa shape index (κ2) is 8.16. The van der Waals surface area contributed by atoms with Gasteiger partial charge >= 0.3 is 0 Å². The van der Waals surface area contributed by atoms with E-state index in [1.165, 1.54) is 11.8 Å². The summed E-state index contributed by atoms with van der Waals surface area (Å²) in [6, 6.07) is 6.93. The summed E-state index contributed by atoms with van der Waals surface area (Å²) in [5.74, 6) is -1.16. The minimum Gasteiger partial charge on any atom is -0.325 e. The molecule has 0 radical (unpaired) electrons. The predicted molar refractivity (Wildman–Crippen MR) is 101 cm³/mol. The lowest BCUT2D eigenvalue weighted by Gasteiger charge is -2.15. The van der Waals surface area contributed by atoms with Crippen LogP contribution < -0.4 is 10.6 Å². The van der Waals surface area contributed by atoms with Crippen molar-refractivity contribution in [1.82, 2.24) is 4.90 Å². The molecule has 0 unspecified atom stereocenters. The Morgan fingerprint density at radius 1 is 1.00 bits per heavy atom. The van der Waals surface area contributed by atoms with Crippen molar-refractivity contribution in [2.75, 3.05) is 17.2 Å². The Kier molecular flexibility index (Phi) is 5.69. The summed E-state index contributed by atoms with van der Waals surface area (Å²) in [5, 5.41) is 5.42. The SMILES string of the molecule is CC(=O)Nc1ccccc1NC(=O)CCCN1C(=O)[C@H]2CC=CC[C@H]2C1=O. The van der Waals surface area contributed by atoms with Crippen LogP contribution in [0.25, 0.3) is 0 Å². The molecule has 2 atom stereocenters. The van der Waals surface area contributed by atoms with E-state index in [-0.39, 0.29) is 48.4 Å². The average Bonchev–Trinajstić information content (AvgIpc) is 2.88. The second-order valence-electron chi connectivity index (χ2n) is 6.86. The van der Waals surface area contributed by atoms with Gasteiger partial charge in [0.25, 0.3) is 0 Å². The lowest BCUT2D eigenvalue weighted by atomic mass is 9.85. The smallest absolute Gasteiger partial charge is 0.233 e. The highest BCUT2D eigenvalue weighted by Gasteiger charge is 2.46. The van der Waals surface area contributed by atoms with Crippen LogP contribution in [0.4, 0.5) is 11.4 Å². The van der Waals surface area contributed by atoms with Gasteiger partial charge in [0.2, 0.25) is 23.6 Å². The number of imide groups is 1. The first-order valence-electron chi connectivity index (χ1n) is 9.14. The number of hydrogen-bond donors (Lipinski definition) is 2. The molecule has 7 heteroatoms. The number of rotatable bonds is 6. The van der Waals surface area contributed by atoms with Gasteiger partial charge in [-0.15, -0.1) is 0 Å².